The van der Waals surface area contributed by atoms with E-state index in [1.54, 1.807) is 17.0 Å². The molecule has 0 unspecified atom stereocenters. The normalized spacial score (nSPS) is 15.6. The smallest absolute Gasteiger partial charge is 0.321 e. The highest BCUT2D eigenvalue weighted by Crippen LogP contribution is 2.24. The summed E-state index contributed by atoms with van der Waals surface area (Å²) in [6.07, 6.45) is 2.90. The van der Waals surface area contributed by atoms with E-state index < -0.39 is 0 Å². The van der Waals surface area contributed by atoms with Crippen LogP contribution in [0.5, 0.6) is 0 Å². The number of anilines is 2. The molecule has 0 spiro atoms. The summed E-state index contributed by atoms with van der Waals surface area (Å²) in [6, 6.07) is 7.07. The van der Waals surface area contributed by atoms with Crippen molar-refractivity contribution in [2.45, 2.75) is 25.8 Å². The molecule has 0 aliphatic carbocycles. The Balaban J connectivity index is 0.00000210. The Kier molecular flexibility index (Phi) is 5.98. The number of nitrogens with zero attached hydrogens (tertiary/aromatic N) is 2. The number of para-hydroxylation sites is 2. The van der Waals surface area contributed by atoms with Crippen molar-refractivity contribution >= 4 is 35.7 Å². The van der Waals surface area contributed by atoms with Crippen molar-refractivity contribution in [3.05, 3.63) is 41.2 Å². The van der Waals surface area contributed by atoms with Gasteiger partial charge in [-0.15, -0.1) is 12.4 Å². The van der Waals surface area contributed by atoms with Crippen molar-refractivity contribution in [2.75, 3.05) is 30.3 Å². The van der Waals surface area contributed by atoms with E-state index in [9.17, 15) is 9.59 Å². The fraction of sp³-hybridized carbons (Fsp3) is 0.389. The minimum Gasteiger partial charge on any atom is -0.325 e. The summed E-state index contributed by atoms with van der Waals surface area (Å²) < 4.78 is 0. The average molecular weight is 391 g/mol. The van der Waals surface area contributed by atoms with Crippen molar-refractivity contribution in [1.82, 2.24) is 20.4 Å². The number of amides is 3. The number of urea groups is 1. The van der Waals surface area contributed by atoms with Gasteiger partial charge in [-0.05, 0) is 25.0 Å². The second kappa shape index (κ2) is 8.41. The molecule has 0 saturated carbocycles. The third-order valence-corrected chi connectivity index (χ3v) is 4.83. The molecule has 3 amide bonds. The zero-order valence-corrected chi connectivity index (χ0v) is 15.7. The second-order valence-corrected chi connectivity index (χ2v) is 6.58. The number of hydrogen-bond acceptors (Lipinski definition) is 4. The van der Waals surface area contributed by atoms with Crippen LogP contribution in [0.4, 0.5) is 16.2 Å². The van der Waals surface area contributed by atoms with E-state index in [4.69, 9.17) is 0 Å². The number of H-pyrrole nitrogens is 1. The Morgan fingerprint density at radius 3 is 2.52 bits per heavy atom. The van der Waals surface area contributed by atoms with Crippen molar-refractivity contribution in [2.24, 2.45) is 0 Å². The molecule has 1 aromatic carbocycles. The van der Waals surface area contributed by atoms with E-state index in [1.165, 1.54) is 0 Å². The van der Waals surface area contributed by atoms with E-state index in [1.807, 2.05) is 12.1 Å². The fourth-order valence-electron chi connectivity index (χ4n) is 3.41. The molecule has 2 aliphatic rings. The monoisotopic (exact) mass is 390 g/mol. The van der Waals surface area contributed by atoms with Crippen molar-refractivity contribution < 1.29 is 9.59 Å². The lowest BCUT2D eigenvalue weighted by Crippen LogP contribution is -2.32. The molecule has 1 saturated heterocycles. The Bertz CT molecular complexity index is 831. The summed E-state index contributed by atoms with van der Waals surface area (Å²) in [5.74, 6) is -0.283. The van der Waals surface area contributed by atoms with Crippen LogP contribution in [-0.2, 0) is 13.0 Å². The van der Waals surface area contributed by atoms with E-state index in [0.29, 0.717) is 23.6 Å². The molecule has 0 bridgehead atoms. The van der Waals surface area contributed by atoms with Gasteiger partial charge in [0.2, 0.25) is 0 Å². The SMILES string of the molecule is Cl.O=C(Nc1ccccc1NC(=O)N1CCCC1)c1n[nH]c2c1CNCC2. The number of aromatic amines is 1. The number of likely N-dealkylation sites (tertiary alicyclic amines) is 1. The van der Waals surface area contributed by atoms with Gasteiger partial charge < -0.3 is 20.9 Å². The van der Waals surface area contributed by atoms with Gasteiger partial charge in [0.1, 0.15) is 0 Å². The van der Waals surface area contributed by atoms with Gasteiger partial charge in [-0.1, -0.05) is 12.1 Å². The molecule has 4 rings (SSSR count). The molecule has 4 N–H and O–H groups in total. The van der Waals surface area contributed by atoms with Crippen LogP contribution in [0.1, 0.15) is 34.6 Å². The van der Waals surface area contributed by atoms with Crippen molar-refractivity contribution in [3.8, 4) is 0 Å². The van der Waals surface area contributed by atoms with E-state index >= 15 is 0 Å². The van der Waals surface area contributed by atoms with Crippen LogP contribution in [0.25, 0.3) is 0 Å². The number of carbonyl (C=O) groups is 2. The topological polar surface area (TPSA) is 102 Å². The Morgan fingerprint density at radius 2 is 1.78 bits per heavy atom. The predicted molar refractivity (Wildman–Crippen MR) is 105 cm³/mol. The fourth-order valence-corrected chi connectivity index (χ4v) is 3.41. The molecule has 0 radical (unpaired) electrons. The van der Waals surface area contributed by atoms with E-state index in [-0.39, 0.29) is 24.3 Å². The number of halogens is 1. The number of carbonyl (C=O) groups excluding carboxylic acids is 2. The van der Waals surface area contributed by atoms with Gasteiger partial charge in [0, 0.05) is 43.9 Å². The largest absolute Gasteiger partial charge is 0.325 e. The van der Waals surface area contributed by atoms with Gasteiger partial charge in [-0.3, -0.25) is 9.89 Å². The minimum atomic E-state index is -0.283. The molecule has 0 atom stereocenters. The lowest BCUT2D eigenvalue weighted by atomic mass is 10.1. The van der Waals surface area contributed by atoms with Gasteiger partial charge in [0.05, 0.1) is 11.4 Å². The quantitative estimate of drug-likeness (QED) is 0.646. The van der Waals surface area contributed by atoms with Crippen LogP contribution in [0, 0.1) is 0 Å². The van der Waals surface area contributed by atoms with Gasteiger partial charge in [-0.25, -0.2) is 4.79 Å². The minimum absolute atomic E-state index is 0. The maximum absolute atomic E-state index is 12.7. The summed E-state index contributed by atoms with van der Waals surface area (Å²) in [4.78, 5) is 26.8. The molecular weight excluding hydrogens is 368 g/mol. The van der Waals surface area contributed by atoms with Gasteiger partial charge in [-0.2, -0.15) is 5.10 Å². The number of nitrogens with one attached hydrogen (secondary N) is 4. The van der Waals surface area contributed by atoms with Gasteiger partial charge >= 0.3 is 6.03 Å². The average Bonchev–Trinajstić information content (AvgIpc) is 3.33. The zero-order valence-electron chi connectivity index (χ0n) is 14.9. The maximum Gasteiger partial charge on any atom is 0.321 e. The molecule has 2 aromatic rings. The second-order valence-electron chi connectivity index (χ2n) is 6.58. The molecule has 9 heteroatoms. The summed E-state index contributed by atoms with van der Waals surface area (Å²) in [7, 11) is 0. The summed E-state index contributed by atoms with van der Waals surface area (Å²) in [5, 5.41) is 16.2. The lowest BCUT2D eigenvalue weighted by Gasteiger charge is -2.18. The van der Waals surface area contributed by atoms with Gasteiger partial charge in [0.25, 0.3) is 5.91 Å². The first-order valence-electron chi connectivity index (χ1n) is 8.95. The van der Waals surface area contributed by atoms with E-state index in [2.05, 4.69) is 26.1 Å². The molecule has 27 heavy (non-hydrogen) atoms. The number of rotatable bonds is 3. The van der Waals surface area contributed by atoms with Crippen LogP contribution in [0.15, 0.2) is 24.3 Å². The third kappa shape index (κ3) is 4.06. The van der Waals surface area contributed by atoms with Crippen LogP contribution in [0.3, 0.4) is 0 Å². The number of fused-ring (bicyclic) bond motifs is 1. The number of benzene rings is 1. The Labute approximate surface area is 163 Å². The Hall–Kier alpha value is -2.58. The van der Waals surface area contributed by atoms with Crippen molar-refractivity contribution in [3.63, 3.8) is 0 Å². The van der Waals surface area contributed by atoms with Crippen LogP contribution in [0.2, 0.25) is 0 Å². The third-order valence-electron chi connectivity index (χ3n) is 4.83. The lowest BCUT2D eigenvalue weighted by molar-refractivity contribution is 0.102. The summed E-state index contributed by atoms with van der Waals surface area (Å²) in [5.41, 5.74) is 3.45. The number of hydrogen-bond donors (Lipinski definition) is 4. The van der Waals surface area contributed by atoms with Crippen molar-refractivity contribution in [1.29, 1.82) is 0 Å². The first kappa shape index (κ1) is 19.2. The van der Waals surface area contributed by atoms with Gasteiger partial charge in [0.15, 0.2) is 5.69 Å². The highest BCUT2D eigenvalue weighted by atomic mass is 35.5. The van der Waals surface area contributed by atoms with Crippen LogP contribution < -0.4 is 16.0 Å². The highest BCUT2D eigenvalue weighted by molar-refractivity contribution is 6.07. The standard InChI is InChI=1S/C18H22N6O2.ClH/c25-17(16-12-11-19-8-7-13(12)22-23-16)20-14-5-1-2-6-15(14)21-18(26)24-9-3-4-10-24;/h1-2,5-6,19H,3-4,7-11H2,(H,20,25)(H,21,26)(H,22,23);1H. The molecular formula is C18H23ClN6O2. The summed E-state index contributed by atoms with van der Waals surface area (Å²) in [6.45, 7) is 3.04. The first-order chi connectivity index (χ1) is 12.7. The Morgan fingerprint density at radius 1 is 1.07 bits per heavy atom. The predicted octanol–water partition coefficient (Wildman–Crippen LogP) is 2.36. The summed E-state index contributed by atoms with van der Waals surface area (Å²) >= 11 is 0. The molecule has 144 valence electrons. The zero-order chi connectivity index (χ0) is 17.9. The first-order valence-corrected chi connectivity index (χ1v) is 8.95. The molecule has 8 nitrogen and oxygen atoms in total. The van der Waals surface area contributed by atoms with Crippen LogP contribution in [-0.4, -0.2) is 46.7 Å². The molecule has 2 aliphatic heterocycles. The maximum atomic E-state index is 12.7. The van der Waals surface area contributed by atoms with E-state index in [0.717, 1.165) is 50.2 Å². The molecule has 3 heterocycles. The highest BCUT2D eigenvalue weighted by Gasteiger charge is 2.23. The van der Waals surface area contributed by atoms with Crippen LogP contribution >= 0.6 is 12.4 Å². The number of aromatic nitrogens is 2. The molecule has 1 fully saturated rings. The molecule has 1 aromatic heterocycles.